The monoisotopic (exact) mass is 458 g/mol. The maximum absolute atomic E-state index is 13.8. The average molecular weight is 459 g/mol. The molecule has 0 spiro atoms. The lowest BCUT2D eigenvalue weighted by molar-refractivity contribution is -0.142. The van der Waals surface area contributed by atoms with Gasteiger partial charge in [0, 0.05) is 11.3 Å². The molecule has 0 N–H and O–H groups in total. The molecule has 0 unspecified atom stereocenters. The smallest absolute Gasteiger partial charge is 0.319 e. The number of hydrogen-bond donors (Lipinski definition) is 0. The molecule has 0 saturated heterocycles. The van der Waals surface area contributed by atoms with Crippen LogP contribution in [0.25, 0.3) is 15.9 Å². The van der Waals surface area contributed by atoms with Crippen LogP contribution in [0.1, 0.15) is 44.6 Å². The van der Waals surface area contributed by atoms with E-state index in [-0.39, 0.29) is 17.1 Å². The Balaban J connectivity index is 1.90. The first kappa shape index (κ1) is 22.0. The number of hydrogen-bond acceptors (Lipinski definition) is 7. The summed E-state index contributed by atoms with van der Waals surface area (Å²) in [5.41, 5.74) is 1.39. The van der Waals surface area contributed by atoms with Crippen molar-refractivity contribution in [3.8, 4) is 5.69 Å². The molecular formula is C23H26N2O4S2. The standard InChI is InChI=1S/C23H26N2O4S2/c1-5-23(4)12-16-17(13-29-23)31-19-18(16)20(26)25(15-10-8-7-9-11-15)22(24-19)30-14(3)21(27)28-6-2/h7-11,14H,5-6,12-13H2,1-4H3/t14-,23-/m0/s1. The summed E-state index contributed by atoms with van der Waals surface area (Å²) in [6.45, 7) is 8.55. The number of para-hydroxylation sites is 1. The number of benzene rings is 1. The first-order chi connectivity index (χ1) is 14.9. The van der Waals surface area contributed by atoms with Gasteiger partial charge in [-0.05, 0) is 44.9 Å². The summed E-state index contributed by atoms with van der Waals surface area (Å²) in [5, 5.41) is 0.669. The van der Waals surface area contributed by atoms with Crippen LogP contribution in [0.2, 0.25) is 0 Å². The Morgan fingerprint density at radius 2 is 2.10 bits per heavy atom. The third-order valence-electron chi connectivity index (χ3n) is 5.64. The summed E-state index contributed by atoms with van der Waals surface area (Å²) >= 11 is 2.76. The van der Waals surface area contributed by atoms with Crippen LogP contribution in [0.3, 0.4) is 0 Å². The Hall–Kier alpha value is -2.16. The summed E-state index contributed by atoms with van der Waals surface area (Å²) in [7, 11) is 0. The van der Waals surface area contributed by atoms with Crippen LogP contribution in [-0.2, 0) is 27.3 Å². The van der Waals surface area contributed by atoms with Gasteiger partial charge in [-0.15, -0.1) is 11.3 Å². The lowest BCUT2D eigenvalue weighted by Gasteiger charge is -2.32. The van der Waals surface area contributed by atoms with Crippen molar-refractivity contribution >= 4 is 39.3 Å². The number of carbonyl (C=O) groups is 1. The Morgan fingerprint density at radius 3 is 2.77 bits per heavy atom. The molecule has 4 rings (SSSR count). The zero-order chi connectivity index (χ0) is 22.2. The van der Waals surface area contributed by atoms with Crippen LogP contribution < -0.4 is 5.56 Å². The van der Waals surface area contributed by atoms with Gasteiger partial charge in [0.15, 0.2) is 5.16 Å². The van der Waals surface area contributed by atoms with Crippen LogP contribution in [0.15, 0.2) is 40.3 Å². The van der Waals surface area contributed by atoms with E-state index in [4.69, 9.17) is 14.5 Å². The summed E-state index contributed by atoms with van der Waals surface area (Å²) in [5.74, 6) is -0.320. The van der Waals surface area contributed by atoms with E-state index in [0.717, 1.165) is 22.5 Å². The molecule has 0 amide bonds. The minimum Gasteiger partial charge on any atom is -0.465 e. The largest absolute Gasteiger partial charge is 0.465 e. The molecule has 2 aromatic heterocycles. The highest BCUT2D eigenvalue weighted by molar-refractivity contribution is 8.00. The third kappa shape index (κ3) is 4.16. The van der Waals surface area contributed by atoms with E-state index < -0.39 is 5.25 Å². The number of thiophene rings is 1. The first-order valence-electron chi connectivity index (χ1n) is 10.5. The molecular weight excluding hydrogens is 432 g/mol. The van der Waals surface area contributed by atoms with Crippen LogP contribution in [0.4, 0.5) is 0 Å². The summed E-state index contributed by atoms with van der Waals surface area (Å²) < 4.78 is 12.9. The second kappa shape index (κ2) is 8.76. The Labute approximate surface area is 189 Å². The number of nitrogens with zero attached hydrogens (tertiary/aromatic N) is 2. The molecule has 6 nitrogen and oxygen atoms in total. The number of fused-ring (bicyclic) bond motifs is 3. The molecule has 8 heteroatoms. The van der Waals surface area contributed by atoms with Crippen molar-refractivity contribution in [3.05, 3.63) is 51.1 Å². The van der Waals surface area contributed by atoms with Crippen molar-refractivity contribution in [3.63, 3.8) is 0 Å². The van der Waals surface area contributed by atoms with Crippen molar-refractivity contribution in [2.75, 3.05) is 6.61 Å². The molecule has 2 atom stereocenters. The van der Waals surface area contributed by atoms with Gasteiger partial charge in [0.1, 0.15) is 10.1 Å². The Kier molecular flexibility index (Phi) is 6.23. The number of esters is 1. The highest BCUT2D eigenvalue weighted by atomic mass is 32.2. The molecule has 0 saturated carbocycles. The van der Waals surface area contributed by atoms with E-state index in [1.165, 1.54) is 23.1 Å². The first-order valence-corrected chi connectivity index (χ1v) is 12.2. The van der Waals surface area contributed by atoms with E-state index in [1.54, 1.807) is 18.4 Å². The number of ether oxygens (including phenoxy) is 2. The van der Waals surface area contributed by atoms with E-state index in [0.29, 0.717) is 35.0 Å². The molecule has 31 heavy (non-hydrogen) atoms. The Morgan fingerprint density at radius 1 is 1.35 bits per heavy atom. The van der Waals surface area contributed by atoms with Crippen LogP contribution >= 0.6 is 23.1 Å². The molecule has 1 aliphatic rings. The number of thioether (sulfide) groups is 1. The van der Waals surface area contributed by atoms with Crippen LogP contribution in [0, 0.1) is 0 Å². The van der Waals surface area contributed by atoms with Crippen molar-refractivity contribution in [2.24, 2.45) is 0 Å². The van der Waals surface area contributed by atoms with Gasteiger partial charge in [-0.2, -0.15) is 0 Å². The van der Waals surface area contributed by atoms with Crippen molar-refractivity contribution in [1.29, 1.82) is 0 Å². The predicted octanol–water partition coefficient (Wildman–Crippen LogP) is 4.73. The number of rotatable bonds is 6. The lowest BCUT2D eigenvalue weighted by Crippen LogP contribution is -2.34. The van der Waals surface area contributed by atoms with Gasteiger partial charge >= 0.3 is 5.97 Å². The van der Waals surface area contributed by atoms with E-state index in [1.807, 2.05) is 30.3 Å². The van der Waals surface area contributed by atoms with Crippen molar-refractivity contribution in [2.45, 2.75) is 63.2 Å². The molecule has 1 aromatic carbocycles. The minimum atomic E-state index is -0.486. The second-order valence-electron chi connectivity index (χ2n) is 7.84. The fourth-order valence-corrected chi connectivity index (χ4v) is 5.75. The fraction of sp³-hybridized carbons (Fsp3) is 0.435. The van der Waals surface area contributed by atoms with Gasteiger partial charge in [0.2, 0.25) is 0 Å². The quantitative estimate of drug-likeness (QED) is 0.302. The molecule has 0 aliphatic carbocycles. The van der Waals surface area contributed by atoms with Gasteiger partial charge in [-0.1, -0.05) is 36.9 Å². The third-order valence-corrected chi connectivity index (χ3v) is 7.77. The van der Waals surface area contributed by atoms with Gasteiger partial charge < -0.3 is 9.47 Å². The molecule has 0 fully saturated rings. The van der Waals surface area contributed by atoms with E-state index >= 15 is 0 Å². The van der Waals surface area contributed by atoms with Crippen molar-refractivity contribution in [1.82, 2.24) is 9.55 Å². The van der Waals surface area contributed by atoms with Crippen molar-refractivity contribution < 1.29 is 14.3 Å². The zero-order valence-corrected chi connectivity index (χ0v) is 19.8. The molecule has 3 aromatic rings. The molecule has 0 bridgehead atoms. The highest BCUT2D eigenvalue weighted by Crippen LogP contribution is 2.39. The zero-order valence-electron chi connectivity index (χ0n) is 18.1. The van der Waals surface area contributed by atoms with Gasteiger partial charge in [0.25, 0.3) is 5.56 Å². The highest BCUT2D eigenvalue weighted by Gasteiger charge is 2.34. The predicted molar refractivity (Wildman–Crippen MR) is 124 cm³/mol. The SMILES string of the molecule is CCOC(=O)[C@H](C)Sc1nc2sc3c(c2c(=O)n1-c1ccccc1)C[C@](C)(CC)OC3. The lowest BCUT2D eigenvalue weighted by atomic mass is 9.90. The average Bonchev–Trinajstić information content (AvgIpc) is 3.12. The van der Waals surface area contributed by atoms with Crippen LogP contribution in [0.5, 0.6) is 0 Å². The van der Waals surface area contributed by atoms with E-state index in [2.05, 4.69) is 13.8 Å². The molecule has 3 heterocycles. The number of aromatic nitrogens is 2. The molecule has 0 radical (unpaired) electrons. The van der Waals surface area contributed by atoms with E-state index in [9.17, 15) is 9.59 Å². The summed E-state index contributed by atoms with van der Waals surface area (Å²) in [6, 6.07) is 9.45. The Bertz CT molecular complexity index is 1170. The molecule has 1 aliphatic heterocycles. The van der Waals surface area contributed by atoms with Gasteiger partial charge in [0.05, 0.1) is 29.9 Å². The molecule has 164 valence electrons. The topological polar surface area (TPSA) is 70.4 Å². The second-order valence-corrected chi connectivity index (χ2v) is 10.2. The van der Waals surface area contributed by atoms with Gasteiger partial charge in [-0.3, -0.25) is 14.2 Å². The summed E-state index contributed by atoms with van der Waals surface area (Å²) in [4.78, 5) is 32.7. The summed E-state index contributed by atoms with van der Waals surface area (Å²) in [6.07, 6.45) is 1.56. The fourth-order valence-electron chi connectivity index (χ4n) is 3.68. The van der Waals surface area contributed by atoms with Gasteiger partial charge in [-0.25, -0.2) is 4.98 Å². The normalized spacial score (nSPS) is 19.2. The minimum absolute atomic E-state index is 0.104. The maximum atomic E-state index is 13.8. The van der Waals surface area contributed by atoms with Crippen LogP contribution in [-0.4, -0.2) is 33.0 Å². The number of carbonyl (C=O) groups excluding carboxylic acids is 1. The maximum Gasteiger partial charge on any atom is 0.319 e.